The normalized spacial score (nSPS) is 10.6. The zero-order chi connectivity index (χ0) is 23.6. The van der Waals surface area contributed by atoms with Crippen molar-refractivity contribution in [3.8, 4) is 11.5 Å². The maximum Gasteiger partial charge on any atom is 0.271 e. The highest BCUT2D eigenvalue weighted by Crippen LogP contribution is 2.32. The summed E-state index contributed by atoms with van der Waals surface area (Å²) in [5.41, 5.74) is 3.93. The van der Waals surface area contributed by atoms with Crippen molar-refractivity contribution in [2.45, 2.75) is 27.0 Å². The molecule has 0 fully saturated rings. The topological polar surface area (TPSA) is 85.7 Å². The van der Waals surface area contributed by atoms with Crippen LogP contribution in [0.4, 0.5) is 11.4 Å². The van der Waals surface area contributed by atoms with Crippen LogP contribution in [0.15, 0.2) is 60.7 Å². The molecule has 0 saturated carbocycles. The molecule has 0 unspecified atom stereocenters. The first-order chi connectivity index (χ1) is 16.0. The summed E-state index contributed by atoms with van der Waals surface area (Å²) in [6.45, 7) is 6.87. The van der Waals surface area contributed by atoms with Crippen molar-refractivity contribution in [3.63, 3.8) is 0 Å². The average molecular weight is 470 g/mol. The van der Waals surface area contributed by atoms with Crippen LogP contribution in [0.5, 0.6) is 11.5 Å². The van der Waals surface area contributed by atoms with Crippen LogP contribution in [0.3, 0.4) is 0 Å². The molecule has 0 amide bonds. The van der Waals surface area contributed by atoms with Crippen molar-refractivity contribution < 1.29 is 14.4 Å². The number of nitrogens with zero attached hydrogens (tertiary/aromatic N) is 1. The number of nitro groups is 1. The monoisotopic (exact) mass is 469 g/mol. The van der Waals surface area contributed by atoms with Crippen LogP contribution < -0.4 is 20.1 Å². The average Bonchev–Trinajstić information content (AvgIpc) is 2.80. The maximum atomic E-state index is 10.8. The zero-order valence-corrected chi connectivity index (χ0v) is 19.5. The minimum absolute atomic E-state index is 0.0315. The first-order valence-corrected chi connectivity index (χ1v) is 11.2. The van der Waals surface area contributed by atoms with Crippen molar-refractivity contribution >= 4 is 23.0 Å². The maximum absolute atomic E-state index is 10.8. The summed E-state index contributed by atoms with van der Waals surface area (Å²) in [6.07, 6.45) is 0. The summed E-state index contributed by atoms with van der Waals surface area (Å²) < 4.78 is 11.9. The van der Waals surface area contributed by atoms with Crippen molar-refractivity contribution in [2.24, 2.45) is 0 Å². The van der Waals surface area contributed by atoms with E-state index in [2.05, 4.69) is 41.8 Å². The zero-order valence-electron chi connectivity index (χ0n) is 18.8. The van der Waals surface area contributed by atoms with Gasteiger partial charge in [-0.3, -0.25) is 10.1 Å². The number of hydrogen-bond acceptors (Lipinski definition) is 6. The van der Waals surface area contributed by atoms with Gasteiger partial charge in [-0.15, -0.1) is 0 Å². The van der Waals surface area contributed by atoms with Crippen LogP contribution in [-0.2, 0) is 13.2 Å². The Bertz CT molecular complexity index is 1070. The van der Waals surface area contributed by atoms with E-state index in [4.69, 9.17) is 21.1 Å². The molecule has 3 aromatic rings. The number of anilines is 1. The fourth-order valence-corrected chi connectivity index (χ4v) is 3.48. The van der Waals surface area contributed by atoms with E-state index in [0.29, 0.717) is 43.6 Å². The molecule has 0 heterocycles. The lowest BCUT2D eigenvalue weighted by Gasteiger charge is -2.17. The molecule has 0 aliphatic heterocycles. The quantitative estimate of drug-likeness (QED) is 0.200. The van der Waals surface area contributed by atoms with Gasteiger partial charge in [0.25, 0.3) is 5.69 Å². The molecule has 0 aliphatic carbocycles. The van der Waals surface area contributed by atoms with Gasteiger partial charge in [0.2, 0.25) is 0 Å². The lowest BCUT2D eigenvalue weighted by atomic mass is 10.1. The Kier molecular flexibility index (Phi) is 8.92. The van der Waals surface area contributed by atoms with Gasteiger partial charge in [-0.1, -0.05) is 53.6 Å². The van der Waals surface area contributed by atoms with Gasteiger partial charge in [0.1, 0.15) is 6.61 Å². The molecule has 3 rings (SSSR count). The molecule has 0 spiro atoms. The van der Waals surface area contributed by atoms with Gasteiger partial charge in [-0.05, 0) is 31.5 Å². The SMILES string of the molecule is CCOc1cccc(CNCCNc2ccc([N+](=O)[O-])cc2Cl)c1OCc1ccc(C)cc1. The second-order valence-corrected chi connectivity index (χ2v) is 7.88. The van der Waals surface area contributed by atoms with E-state index in [9.17, 15) is 10.1 Å². The van der Waals surface area contributed by atoms with Gasteiger partial charge in [0.05, 0.1) is 22.2 Å². The van der Waals surface area contributed by atoms with Crippen LogP contribution >= 0.6 is 11.6 Å². The third-order valence-electron chi connectivity index (χ3n) is 4.96. The fraction of sp³-hybridized carbons (Fsp3) is 0.280. The van der Waals surface area contributed by atoms with Gasteiger partial charge in [-0.2, -0.15) is 0 Å². The van der Waals surface area contributed by atoms with Crippen molar-refractivity contribution in [1.29, 1.82) is 0 Å². The van der Waals surface area contributed by atoms with E-state index in [1.165, 1.54) is 17.7 Å². The Morgan fingerprint density at radius 2 is 1.82 bits per heavy atom. The number of nitro benzene ring substituents is 1. The second-order valence-electron chi connectivity index (χ2n) is 7.48. The summed E-state index contributed by atoms with van der Waals surface area (Å²) in [4.78, 5) is 10.4. The van der Waals surface area contributed by atoms with Crippen molar-refractivity contribution in [1.82, 2.24) is 5.32 Å². The van der Waals surface area contributed by atoms with E-state index in [0.717, 1.165) is 22.6 Å². The second kappa shape index (κ2) is 12.1. The number of ether oxygens (including phenoxy) is 2. The third-order valence-corrected chi connectivity index (χ3v) is 5.27. The predicted octanol–water partition coefficient (Wildman–Crippen LogP) is 5.74. The Balaban J connectivity index is 1.57. The van der Waals surface area contributed by atoms with Crippen LogP contribution in [0.2, 0.25) is 5.02 Å². The smallest absolute Gasteiger partial charge is 0.271 e. The van der Waals surface area contributed by atoms with E-state index in [1.807, 2.05) is 25.1 Å². The molecule has 3 aromatic carbocycles. The van der Waals surface area contributed by atoms with Crippen molar-refractivity contribution in [3.05, 3.63) is 92.5 Å². The minimum atomic E-state index is -0.466. The summed E-state index contributed by atoms with van der Waals surface area (Å²) >= 11 is 6.13. The summed E-state index contributed by atoms with van der Waals surface area (Å²) in [7, 11) is 0. The Labute approximate surface area is 198 Å². The Morgan fingerprint density at radius 1 is 1.03 bits per heavy atom. The van der Waals surface area contributed by atoms with Gasteiger partial charge in [0.15, 0.2) is 11.5 Å². The predicted molar refractivity (Wildman–Crippen MR) is 131 cm³/mol. The van der Waals surface area contributed by atoms with Gasteiger partial charge in [0, 0.05) is 37.3 Å². The first kappa shape index (κ1) is 24.4. The van der Waals surface area contributed by atoms with Gasteiger partial charge in [-0.25, -0.2) is 0 Å². The molecule has 2 N–H and O–H groups in total. The van der Waals surface area contributed by atoms with Gasteiger partial charge < -0.3 is 20.1 Å². The molecular formula is C25H28ClN3O4. The summed E-state index contributed by atoms with van der Waals surface area (Å²) in [5, 5.41) is 17.7. The highest BCUT2D eigenvalue weighted by Gasteiger charge is 2.12. The number of aryl methyl sites for hydroxylation is 1. The standard InChI is InChI=1S/C25H28ClN3O4/c1-3-32-24-6-4-5-20(25(24)33-17-19-9-7-18(2)8-10-19)16-27-13-14-28-23-12-11-21(29(30)31)15-22(23)26/h4-12,15,27-28H,3,13-14,16-17H2,1-2H3. The molecule has 0 radical (unpaired) electrons. The van der Waals surface area contributed by atoms with Crippen LogP contribution in [-0.4, -0.2) is 24.6 Å². The molecule has 33 heavy (non-hydrogen) atoms. The number of benzene rings is 3. The number of non-ortho nitro benzene ring substituents is 1. The molecule has 7 nitrogen and oxygen atoms in total. The van der Waals surface area contributed by atoms with Crippen LogP contribution in [0, 0.1) is 17.0 Å². The fourth-order valence-electron chi connectivity index (χ4n) is 3.24. The number of halogens is 1. The van der Waals surface area contributed by atoms with Crippen LogP contribution in [0.25, 0.3) is 0 Å². The molecule has 174 valence electrons. The summed E-state index contributed by atoms with van der Waals surface area (Å²) in [5.74, 6) is 1.46. The van der Waals surface area contributed by atoms with E-state index in [-0.39, 0.29) is 5.69 Å². The number of rotatable bonds is 12. The van der Waals surface area contributed by atoms with E-state index < -0.39 is 4.92 Å². The highest BCUT2D eigenvalue weighted by molar-refractivity contribution is 6.33. The number of nitrogens with one attached hydrogen (secondary N) is 2. The molecule has 0 saturated heterocycles. The highest BCUT2D eigenvalue weighted by atomic mass is 35.5. The molecule has 0 atom stereocenters. The largest absolute Gasteiger partial charge is 0.490 e. The van der Waals surface area contributed by atoms with E-state index in [1.54, 1.807) is 6.07 Å². The van der Waals surface area contributed by atoms with Gasteiger partial charge >= 0.3 is 0 Å². The number of hydrogen-bond donors (Lipinski definition) is 2. The lowest BCUT2D eigenvalue weighted by Crippen LogP contribution is -2.22. The van der Waals surface area contributed by atoms with E-state index >= 15 is 0 Å². The summed E-state index contributed by atoms with van der Waals surface area (Å²) in [6, 6.07) is 18.5. The molecule has 0 aromatic heterocycles. The van der Waals surface area contributed by atoms with Crippen molar-refractivity contribution in [2.75, 3.05) is 25.0 Å². The Hall–Kier alpha value is -3.29. The molecular weight excluding hydrogens is 442 g/mol. The molecule has 0 bridgehead atoms. The Morgan fingerprint density at radius 3 is 2.52 bits per heavy atom. The number of para-hydroxylation sites is 1. The van der Waals surface area contributed by atoms with Crippen LogP contribution in [0.1, 0.15) is 23.6 Å². The first-order valence-electron chi connectivity index (χ1n) is 10.8. The minimum Gasteiger partial charge on any atom is -0.490 e. The lowest BCUT2D eigenvalue weighted by molar-refractivity contribution is -0.384. The molecule has 0 aliphatic rings. The molecule has 8 heteroatoms. The third kappa shape index (κ3) is 7.10.